The van der Waals surface area contributed by atoms with Gasteiger partial charge in [-0.2, -0.15) is 0 Å². The highest BCUT2D eigenvalue weighted by Gasteiger charge is 2.30. The molecule has 2 N–H and O–H groups in total. The lowest BCUT2D eigenvalue weighted by Crippen LogP contribution is -2.45. The van der Waals surface area contributed by atoms with Crippen LogP contribution >= 0.6 is 0 Å². The molecular weight excluding hydrogens is 220 g/mol. The predicted molar refractivity (Wildman–Crippen MR) is 61.7 cm³/mol. The van der Waals surface area contributed by atoms with Crippen molar-refractivity contribution in [2.24, 2.45) is 0 Å². The first-order chi connectivity index (χ1) is 8.24. The number of nitrogens with zero attached hydrogens (tertiary/aromatic N) is 2. The van der Waals surface area contributed by atoms with E-state index in [2.05, 4.69) is 4.98 Å². The first kappa shape index (κ1) is 11.9. The molecule has 0 aromatic carbocycles. The zero-order valence-corrected chi connectivity index (χ0v) is 9.54. The summed E-state index contributed by atoms with van der Waals surface area (Å²) in [5.74, 6) is -0.415. The number of rotatable bonds is 4. The summed E-state index contributed by atoms with van der Waals surface area (Å²) in [5, 5.41) is 18.6. The second-order valence-electron chi connectivity index (χ2n) is 4.18. The number of aromatic nitrogens is 1. The molecule has 1 aromatic rings. The third-order valence-corrected chi connectivity index (χ3v) is 3.11. The molecule has 0 atom stereocenters. The number of carbonyl (C=O) groups excluding carboxylic acids is 1. The zero-order chi connectivity index (χ0) is 12.3. The van der Waals surface area contributed by atoms with Gasteiger partial charge in [-0.05, 0) is 31.4 Å². The van der Waals surface area contributed by atoms with Crippen molar-refractivity contribution in [2.75, 3.05) is 13.2 Å². The number of pyridine rings is 1. The summed E-state index contributed by atoms with van der Waals surface area (Å²) in [7, 11) is 0. The fourth-order valence-corrected chi connectivity index (χ4v) is 1.95. The van der Waals surface area contributed by atoms with Gasteiger partial charge in [0.2, 0.25) is 0 Å². The zero-order valence-electron chi connectivity index (χ0n) is 9.54. The molecule has 17 heavy (non-hydrogen) atoms. The average Bonchev–Trinajstić information content (AvgIpc) is 2.26. The van der Waals surface area contributed by atoms with Crippen LogP contribution in [0.15, 0.2) is 18.3 Å². The van der Waals surface area contributed by atoms with Crippen LogP contribution in [0.4, 0.5) is 0 Å². The van der Waals surface area contributed by atoms with Crippen molar-refractivity contribution in [1.29, 1.82) is 0 Å². The molecule has 0 aliphatic heterocycles. The maximum Gasteiger partial charge on any atom is 0.276 e. The van der Waals surface area contributed by atoms with Crippen molar-refractivity contribution < 1.29 is 15.0 Å². The van der Waals surface area contributed by atoms with Gasteiger partial charge in [-0.3, -0.25) is 4.79 Å². The largest absolute Gasteiger partial charge is 0.505 e. The number of hydrogen-bond donors (Lipinski definition) is 2. The van der Waals surface area contributed by atoms with Gasteiger partial charge in [0, 0.05) is 18.8 Å². The molecule has 1 saturated carbocycles. The Balaban J connectivity index is 2.18. The number of amides is 1. The van der Waals surface area contributed by atoms with Gasteiger partial charge in [0.25, 0.3) is 5.91 Å². The fourth-order valence-electron chi connectivity index (χ4n) is 1.95. The third kappa shape index (κ3) is 2.39. The highest BCUT2D eigenvalue weighted by atomic mass is 16.3. The van der Waals surface area contributed by atoms with Crippen LogP contribution in [0.1, 0.15) is 29.8 Å². The molecule has 1 fully saturated rings. The monoisotopic (exact) mass is 236 g/mol. The molecule has 5 nitrogen and oxygen atoms in total. The molecule has 2 rings (SSSR count). The molecule has 1 aliphatic carbocycles. The van der Waals surface area contributed by atoms with E-state index in [-0.39, 0.29) is 30.0 Å². The number of aliphatic hydroxyl groups is 1. The van der Waals surface area contributed by atoms with Gasteiger partial charge < -0.3 is 15.1 Å². The van der Waals surface area contributed by atoms with E-state index in [0.717, 1.165) is 19.3 Å². The maximum atomic E-state index is 12.2. The van der Waals surface area contributed by atoms with E-state index in [1.54, 1.807) is 11.0 Å². The van der Waals surface area contributed by atoms with E-state index in [9.17, 15) is 9.90 Å². The van der Waals surface area contributed by atoms with Gasteiger partial charge in [-0.25, -0.2) is 4.98 Å². The van der Waals surface area contributed by atoms with Crippen LogP contribution in [0.25, 0.3) is 0 Å². The van der Waals surface area contributed by atoms with Crippen LogP contribution in [0.3, 0.4) is 0 Å². The molecule has 5 heteroatoms. The smallest absolute Gasteiger partial charge is 0.276 e. The Bertz CT molecular complexity index is 404. The minimum atomic E-state index is -0.304. The Morgan fingerprint density at radius 2 is 2.29 bits per heavy atom. The fraction of sp³-hybridized carbons (Fsp3) is 0.500. The quantitative estimate of drug-likeness (QED) is 0.810. The molecule has 1 amide bonds. The molecule has 1 aliphatic rings. The topological polar surface area (TPSA) is 73.7 Å². The third-order valence-electron chi connectivity index (χ3n) is 3.11. The SMILES string of the molecule is O=C(c1ncccc1O)N(CCO)C1CCC1. The second-order valence-corrected chi connectivity index (χ2v) is 4.18. The first-order valence-corrected chi connectivity index (χ1v) is 5.80. The molecule has 0 spiro atoms. The molecule has 0 unspecified atom stereocenters. The number of hydrogen-bond acceptors (Lipinski definition) is 4. The van der Waals surface area contributed by atoms with Gasteiger partial charge in [0.05, 0.1) is 6.61 Å². The molecule has 92 valence electrons. The van der Waals surface area contributed by atoms with Crippen LogP contribution in [-0.4, -0.2) is 45.2 Å². The summed E-state index contributed by atoms with van der Waals surface area (Å²) in [4.78, 5) is 17.7. The van der Waals surface area contributed by atoms with Crippen LogP contribution in [0, 0.1) is 0 Å². The summed E-state index contributed by atoms with van der Waals surface area (Å²) in [6, 6.07) is 3.19. The molecule has 1 aromatic heterocycles. The first-order valence-electron chi connectivity index (χ1n) is 5.80. The minimum Gasteiger partial charge on any atom is -0.505 e. The van der Waals surface area contributed by atoms with Gasteiger partial charge in [-0.1, -0.05) is 0 Å². The van der Waals surface area contributed by atoms with Gasteiger partial charge in [-0.15, -0.1) is 0 Å². The Morgan fingerprint density at radius 3 is 2.82 bits per heavy atom. The molecule has 1 heterocycles. The summed E-state index contributed by atoms with van der Waals surface area (Å²) < 4.78 is 0. The lowest BCUT2D eigenvalue weighted by molar-refractivity contribution is 0.0516. The molecule has 0 radical (unpaired) electrons. The lowest BCUT2D eigenvalue weighted by atomic mass is 9.91. The van der Waals surface area contributed by atoms with E-state index in [1.807, 2.05) is 0 Å². The molecular formula is C12H16N2O3. The van der Waals surface area contributed by atoms with E-state index >= 15 is 0 Å². The Morgan fingerprint density at radius 1 is 1.53 bits per heavy atom. The Kier molecular flexibility index (Phi) is 3.58. The standard InChI is InChI=1S/C12H16N2O3/c15-8-7-14(9-3-1-4-9)12(17)11-10(16)5-2-6-13-11/h2,5-6,9,15-16H,1,3-4,7-8H2. The summed E-state index contributed by atoms with van der Waals surface area (Å²) in [6.07, 6.45) is 4.50. The minimum absolute atomic E-state index is 0.0628. The van der Waals surface area contributed by atoms with E-state index in [0.29, 0.717) is 6.54 Å². The predicted octanol–water partition coefficient (Wildman–Crippen LogP) is 0.774. The normalized spacial score (nSPS) is 15.4. The van der Waals surface area contributed by atoms with Crippen LogP contribution in [0.2, 0.25) is 0 Å². The van der Waals surface area contributed by atoms with Crippen LogP contribution < -0.4 is 0 Å². The van der Waals surface area contributed by atoms with Crippen LogP contribution in [-0.2, 0) is 0 Å². The highest BCUT2D eigenvalue weighted by molar-refractivity contribution is 5.95. The van der Waals surface area contributed by atoms with E-state index in [4.69, 9.17) is 5.11 Å². The summed E-state index contributed by atoms with van der Waals surface area (Å²) in [6.45, 7) is 0.218. The van der Waals surface area contributed by atoms with Crippen molar-refractivity contribution >= 4 is 5.91 Å². The van der Waals surface area contributed by atoms with Crippen molar-refractivity contribution in [3.8, 4) is 5.75 Å². The lowest BCUT2D eigenvalue weighted by Gasteiger charge is -2.37. The van der Waals surface area contributed by atoms with Gasteiger partial charge >= 0.3 is 0 Å². The van der Waals surface area contributed by atoms with Gasteiger partial charge in [0.15, 0.2) is 5.69 Å². The Labute approximate surface area is 99.7 Å². The van der Waals surface area contributed by atoms with E-state index in [1.165, 1.54) is 12.3 Å². The van der Waals surface area contributed by atoms with Crippen molar-refractivity contribution in [1.82, 2.24) is 9.88 Å². The number of carbonyl (C=O) groups is 1. The van der Waals surface area contributed by atoms with Crippen LogP contribution in [0.5, 0.6) is 5.75 Å². The number of aliphatic hydroxyl groups excluding tert-OH is 1. The van der Waals surface area contributed by atoms with Gasteiger partial charge in [0.1, 0.15) is 5.75 Å². The van der Waals surface area contributed by atoms with Crippen molar-refractivity contribution in [3.63, 3.8) is 0 Å². The Hall–Kier alpha value is -1.62. The molecule has 0 bridgehead atoms. The maximum absolute atomic E-state index is 12.2. The van der Waals surface area contributed by atoms with Crippen molar-refractivity contribution in [2.45, 2.75) is 25.3 Å². The summed E-state index contributed by atoms with van der Waals surface area (Å²) in [5.41, 5.74) is 0.0628. The highest BCUT2D eigenvalue weighted by Crippen LogP contribution is 2.27. The second kappa shape index (κ2) is 5.14. The number of aromatic hydroxyl groups is 1. The summed E-state index contributed by atoms with van der Waals surface area (Å²) >= 11 is 0. The van der Waals surface area contributed by atoms with E-state index < -0.39 is 0 Å². The van der Waals surface area contributed by atoms with Crippen molar-refractivity contribution in [3.05, 3.63) is 24.0 Å². The average molecular weight is 236 g/mol. The molecule has 0 saturated heterocycles.